The first kappa shape index (κ1) is 12.3. The molecule has 0 atom stereocenters. The van der Waals surface area contributed by atoms with E-state index in [-0.39, 0.29) is 0 Å². The summed E-state index contributed by atoms with van der Waals surface area (Å²) >= 11 is 4.11. The molecule has 90 valence electrons. The molecule has 2 rings (SSSR count). The van der Waals surface area contributed by atoms with E-state index in [2.05, 4.69) is 12.6 Å². The molecule has 17 heavy (non-hydrogen) atoms. The van der Waals surface area contributed by atoms with E-state index in [4.69, 9.17) is 0 Å². The molecule has 0 amide bonds. The molecule has 3 nitrogen and oxygen atoms in total. The number of aromatic nitrogens is 1. The number of thiol groups is 1. The molecule has 0 fully saturated rings. The van der Waals surface area contributed by atoms with Crippen molar-refractivity contribution in [2.24, 2.45) is 0 Å². The lowest BCUT2D eigenvalue weighted by molar-refractivity contribution is 0.587. The number of nitrogens with zero attached hydrogens (tertiary/aromatic N) is 1. The molecule has 0 N–H and O–H groups in total. The van der Waals surface area contributed by atoms with Gasteiger partial charge in [0.2, 0.25) is 0 Å². The molecule has 1 aromatic heterocycles. The second-order valence-corrected chi connectivity index (χ2v) is 5.99. The molecule has 0 aliphatic heterocycles. The van der Waals surface area contributed by atoms with E-state index in [9.17, 15) is 8.42 Å². The van der Waals surface area contributed by atoms with Crippen LogP contribution in [0.2, 0.25) is 0 Å². The zero-order valence-electron chi connectivity index (χ0n) is 9.37. The summed E-state index contributed by atoms with van der Waals surface area (Å²) in [6, 6.07) is 8.56. The highest BCUT2D eigenvalue weighted by molar-refractivity contribution is 7.90. The third kappa shape index (κ3) is 2.40. The fraction of sp³-hybridized carbons (Fsp3) is 0.167. The van der Waals surface area contributed by atoms with Crippen LogP contribution < -0.4 is 0 Å². The van der Waals surface area contributed by atoms with E-state index in [1.54, 1.807) is 42.7 Å². The molecule has 1 heterocycles. The van der Waals surface area contributed by atoms with Crippen LogP contribution in [0.4, 0.5) is 0 Å². The van der Waals surface area contributed by atoms with Crippen LogP contribution in [-0.2, 0) is 15.8 Å². The number of benzene rings is 1. The Bertz CT molecular complexity index is 612. The Labute approximate surface area is 107 Å². The van der Waals surface area contributed by atoms with Gasteiger partial charge in [0.15, 0.2) is 0 Å². The Morgan fingerprint density at radius 1 is 1.18 bits per heavy atom. The van der Waals surface area contributed by atoms with E-state index >= 15 is 0 Å². The van der Waals surface area contributed by atoms with Gasteiger partial charge in [-0.2, -0.15) is 12.6 Å². The van der Waals surface area contributed by atoms with Gasteiger partial charge in [0.1, 0.15) is 0 Å². The lowest BCUT2D eigenvalue weighted by atomic mass is 10.2. The second kappa shape index (κ2) is 4.58. The minimum Gasteiger partial charge on any atom is -0.249 e. The van der Waals surface area contributed by atoms with Crippen molar-refractivity contribution in [3.05, 3.63) is 53.9 Å². The third-order valence-electron chi connectivity index (χ3n) is 2.51. The van der Waals surface area contributed by atoms with Gasteiger partial charge in [-0.15, -0.1) is 0 Å². The molecule has 0 unspecified atom stereocenters. The van der Waals surface area contributed by atoms with Gasteiger partial charge in [-0.1, -0.05) is 17.7 Å². The quantitative estimate of drug-likeness (QED) is 0.868. The first-order chi connectivity index (χ1) is 8.04. The Balaban J connectivity index is 2.46. The van der Waals surface area contributed by atoms with E-state index in [1.165, 1.54) is 3.97 Å². The van der Waals surface area contributed by atoms with Gasteiger partial charge in [0.05, 0.1) is 4.90 Å². The van der Waals surface area contributed by atoms with Gasteiger partial charge in [-0.25, -0.2) is 12.4 Å². The van der Waals surface area contributed by atoms with Crippen molar-refractivity contribution in [1.29, 1.82) is 0 Å². The zero-order valence-corrected chi connectivity index (χ0v) is 11.1. The van der Waals surface area contributed by atoms with E-state index in [0.29, 0.717) is 10.6 Å². The molecular weight excluding hydrogens is 254 g/mol. The number of hydrogen-bond donors (Lipinski definition) is 1. The Hall–Kier alpha value is -1.20. The van der Waals surface area contributed by atoms with Crippen LogP contribution >= 0.6 is 12.6 Å². The normalized spacial score (nSPS) is 11.6. The van der Waals surface area contributed by atoms with E-state index in [0.717, 1.165) is 11.1 Å². The van der Waals surface area contributed by atoms with Gasteiger partial charge >= 0.3 is 0 Å². The van der Waals surface area contributed by atoms with E-state index < -0.39 is 10.0 Å². The fourth-order valence-electron chi connectivity index (χ4n) is 1.49. The molecule has 2 aromatic rings. The number of aryl methyl sites for hydroxylation is 1. The summed E-state index contributed by atoms with van der Waals surface area (Å²) in [5.74, 6) is 0.524. The highest BCUT2D eigenvalue weighted by Crippen LogP contribution is 2.16. The first-order valence-electron chi connectivity index (χ1n) is 5.14. The summed E-state index contributed by atoms with van der Waals surface area (Å²) in [6.07, 6.45) is 3.13. The van der Waals surface area contributed by atoms with Crippen molar-refractivity contribution in [3.8, 4) is 0 Å². The van der Waals surface area contributed by atoms with E-state index in [1.807, 2.05) is 6.92 Å². The predicted molar refractivity (Wildman–Crippen MR) is 70.9 cm³/mol. The van der Waals surface area contributed by atoms with Crippen molar-refractivity contribution in [3.63, 3.8) is 0 Å². The van der Waals surface area contributed by atoms with Crippen LogP contribution in [0.15, 0.2) is 47.6 Å². The van der Waals surface area contributed by atoms with Crippen molar-refractivity contribution < 1.29 is 8.42 Å². The van der Waals surface area contributed by atoms with Crippen molar-refractivity contribution in [2.75, 3.05) is 0 Å². The summed E-state index contributed by atoms with van der Waals surface area (Å²) in [6.45, 7) is 1.92. The van der Waals surface area contributed by atoms with Crippen LogP contribution in [0.25, 0.3) is 0 Å². The fourth-order valence-corrected chi connectivity index (χ4v) is 2.90. The Morgan fingerprint density at radius 2 is 1.82 bits per heavy atom. The first-order valence-corrected chi connectivity index (χ1v) is 7.21. The van der Waals surface area contributed by atoms with Crippen molar-refractivity contribution in [1.82, 2.24) is 3.97 Å². The van der Waals surface area contributed by atoms with Crippen LogP contribution in [0, 0.1) is 6.92 Å². The maximum atomic E-state index is 12.2. The van der Waals surface area contributed by atoms with Gasteiger partial charge in [0, 0.05) is 18.1 Å². The summed E-state index contributed by atoms with van der Waals surface area (Å²) in [7, 11) is -3.46. The summed E-state index contributed by atoms with van der Waals surface area (Å²) in [5, 5.41) is 0. The number of hydrogen-bond acceptors (Lipinski definition) is 3. The van der Waals surface area contributed by atoms with Gasteiger partial charge in [-0.3, -0.25) is 0 Å². The van der Waals surface area contributed by atoms with Gasteiger partial charge in [-0.05, 0) is 30.7 Å². The van der Waals surface area contributed by atoms with Crippen LogP contribution in [0.1, 0.15) is 11.1 Å². The monoisotopic (exact) mass is 267 g/mol. The van der Waals surface area contributed by atoms with Crippen LogP contribution in [-0.4, -0.2) is 12.4 Å². The maximum Gasteiger partial charge on any atom is 0.267 e. The maximum absolute atomic E-state index is 12.2. The summed E-state index contributed by atoms with van der Waals surface area (Å²) in [4.78, 5) is 0.296. The minimum atomic E-state index is -3.46. The predicted octanol–water partition coefficient (Wildman–Crippen LogP) is 2.46. The minimum absolute atomic E-state index is 0.296. The van der Waals surface area contributed by atoms with Crippen LogP contribution in [0.3, 0.4) is 0 Å². The molecule has 0 aliphatic carbocycles. The summed E-state index contributed by atoms with van der Waals surface area (Å²) < 4.78 is 25.7. The second-order valence-electron chi connectivity index (χ2n) is 3.83. The Kier molecular flexibility index (Phi) is 3.31. The molecule has 0 aliphatic rings. The Morgan fingerprint density at radius 3 is 2.35 bits per heavy atom. The third-order valence-corrected chi connectivity index (χ3v) is 4.52. The SMILES string of the molecule is Cc1ccc(S(=O)(=O)n2ccc(CS)c2)cc1. The highest BCUT2D eigenvalue weighted by atomic mass is 32.2. The van der Waals surface area contributed by atoms with Crippen molar-refractivity contribution in [2.45, 2.75) is 17.6 Å². The standard InChI is InChI=1S/C12H13NO2S2/c1-10-2-4-12(5-3-10)17(14,15)13-7-6-11(8-13)9-16/h2-8,16H,9H2,1H3. The molecule has 0 saturated heterocycles. The molecule has 5 heteroatoms. The number of rotatable bonds is 3. The smallest absolute Gasteiger partial charge is 0.249 e. The van der Waals surface area contributed by atoms with Gasteiger partial charge in [0.25, 0.3) is 10.0 Å². The average molecular weight is 267 g/mol. The van der Waals surface area contributed by atoms with Crippen molar-refractivity contribution >= 4 is 22.7 Å². The van der Waals surface area contributed by atoms with Gasteiger partial charge < -0.3 is 0 Å². The molecule has 0 radical (unpaired) electrons. The zero-order chi connectivity index (χ0) is 12.5. The lowest BCUT2D eigenvalue weighted by Crippen LogP contribution is -2.10. The largest absolute Gasteiger partial charge is 0.267 e. The lowest BCUT2D eigenvalue weighted by Gasteiger charge is -2.05. The molecular formula is C12H13NO2S2. The highest BCUT2D eigenvalue weighted by Gasteiger charge is 2.15. The topological polar surface area (TPSA) is 39.1 Å². The molecule has 1 aromatic carbocycles. The average Bonchev–Trinajstić information content (AvgIpc) is 2.78. The summed E-state index contributed by atoms with van der Waals surface area (Å²) in [5.41, 5.74) is 1.91. The van der Waals surface area contributed by atoms with Crippen LogP contribution in [0.5, 0.6) is 0 Å². The molecule has 0 saturated carbocycles. The molecule has 0 spiro atoms. The molecule has 0 bridgehead atoms.